The number of allylic oxidation sites excluding steroid dienone is 2. The van der Waals surface area contributed by atoms with Gasteiger partial charge in [-0.2, -0.15) is 0 Å². The van der Waals surface area contributed by atoms with Crippen molar-refractivity contribution in [3.05, 3.63) is 22.8 Å². The third kappa shape index (κ3) is 2.06. The van der Waals surface area contributed by atoms with Gasteiger partial charge in [0.1, 0.15) is 0 Å². The Balaban J connectivity index is 1.82. The number of piperidine rings is 1. The summed E-state index contributed by atoms with van der Waals surface area (Å²) in [5, 5.41) is 7.14. The maximum Gasteiger partial charge on any atom is 0.0942 e. The molecular weight excluding hydrogens is 282 g/mol. The molecule has 128 valence electrons. The minimum atomic E-state index is -0.0379. The molecule has 3 aliphatic carbocycles. The molecular formula is C20H33N3. The number of likely N-dealkylation sites (N-methyl/N-ethyl adjacent to an activating group) is 2. The fourth-order valence-corrected chi connectivity index (χ4v) is 6.38. The summed E-state index contributed by atoms with van der Waals surface area (Å²) in [6, 6.07) is 0.779. The van der Waals surface area contributed by atoms with Crippen LogP contribution < -0.4 is 10.6 Å². The molecule has 2 N–H and O–H groups in total. The Bertz CT molecular complexity index is 557. The summed E-state index contributed by atoms with van der Waals surface area (Å²) in [6.45, 7) is 3.60. The van der Waals surface area contributed by atoms with Crippen molar-refractivity contribution in [2.24, 2.45) is 11.3 Å². The first kappa shape index (κ1) is 15.9. The first-order valence-corrected chi connectivity index (χ1v) is 9.56. The SMILES string of the molecule is CNC1(NC)CC2=C(C=C1C)[C@@]13CCCC[C@@H]1[C@@H](C2)N(C)CC3. The average Bonchev–Trinajstić information content (AvgIpc) is 2.58. The lowest BCUT2D eigenvalue weighted by Crippen LogP contribution is -2.61. The van der Waals surface area contributed by atoms with Gasteiger partial charge in [0.25, 0.3) is 0 Å². The Kier molecular flexibility index (Phi) is 3.75. The highest BCUT2D eigenvalue weighted by molar-refractivity contribution is 5.47. The van der Waals surface area contributed by atoms with E-state index in [1.807, 2.05) is 0 Å². The third-order valence-corrected chi connectivity index (χ3v) is 7.78. The molecule has 2 bridgehead atoms. The van der Waals surface area contributed by atoms with Gasteiger partial charge in [-0.15, -0.1) is 0 Å². The molecule has 0 aromatic rings. The van der Waals surface area contributed by atoms with Crippen molar-refractivity contribution >= 4 is 0 Å². The van der Waals surface area contributed by atoms with Gasteiger partial charge in [-0.3, -0.25) is 10.6 Å². The van der Waals surface area contributed by atoms with Crippen LogP contribution in [0.4, 0.5) is 0 Å². The van der Waals surface area contributed by atoms with Gasteiger partial charge >= 0.3 is 0 Å². The summed E-state index contributed by atoms with van der Waals surface area (Å²) in [4.78, 5) is 2.67. The second-order valence-corrected chi connectivity index (χ2v) is 8.44. The van der Waals surface area contributed by atoms with Crippen LogP contribution in [0.5, 0.6) is 0 Å². The maximum atomic E-state index is 3.57. The maximum absolute atomic E-state index is 3.57. The molecule has 4 aliphatic rings. The van der Waals surface area contributed by atoms with Crippen molar-refractivity contribution in [3.63, 3.8) is 0 Å². The predicted molar refractivity (Wildman–Crippen MR) is 96.3 cm³/mol. The quantitative estimate of drug-likeness (QED) is 0.767. The summed E-state index contributed by atoms with van der Waals surface area (Å²) in [6.07, 6.45) is 12.1. The molecule has 1 aliphatic heterocycles. The molecule has 1 saturated heterocycles. The number of hydrogen-bond donors (Lipinski definition) is 2. The first-order chi connectivity index (χ1) is 11.1. The van der Waals surface area contributed by atoms with Crippen LogP contribution in [0, 0.1) is 11.3 Å². The van der Waals surface area contributed by atoms with E-state index in [2.05, 4.69) is 49.7 Å². The Morgan fingerprint density at radius 3 is 2.70 bits per heavy atom. The highest BCUT2D eigenvalue weighted by Crippen LogP contribution is 2.60. The molecule has 0 aromatic heterocycles. The number of rotatable bonds is 2. The van der Waals surface area contributed by atoms with Crippen LogP contribution in [0.3, 0.4) is 0 Å². The molecule has 0 aromatic carbocycles. The van der Waals surface area contributed by atoms with Gasteiger partial charge in [-0.25, -0.2) is 0 Å². The average molecular weight is 316 g/mol. The molecule has 0 amide bonds. The molecule has 1 heterocycles. The molecule has 23 heavy (non-hydrogen) atoms. The van der Waals surface area contributed by atoms with E-state index in [0.29, 0.717) is 5.41 Å². The Labute approximate surface area is 141 Å². The van der Waals surface area contributed by atoms with E-state index >= 15 is 0 Å². The van der Waals surface area contributed by atoms with E-state index in [1.165, 1.54) is 50.6 Å². The normalized spacial score (nSPS) is 39.6. The lowest BCUT2D eigenvalue weighted by molar-refractivity contribution is -0.0240. The van der Waals surface area contributed by atoms with Gasteiger partial charge in [0, 0.05) is 17.9 Å². The number of nitrogens with zero attached hydrogens (tertiary/aromatic N) is 1. The van der Waals surface area contributed by atoms with E-state index < -0.39 is 0 Å². The molecule has 3 nitrogen and oxygen atoms in total. The van der Waals surface area contributed by atoms with Crippen LogP contribution in [0.25, 0.3) is 0 Å². The van der Waals surface area contributed by atoms with Gasteiger partial charge in [-0.1, -0.05) is 24.5 Å². The van der Waals surface area contributed by atoms with Crippen molar-refractivity contribution in [2.45, 2.75) is 63.6 Å². The Hall–Kier alpha value is -0.640. The molecule has 1 saturated carbocycles. The van der Waals surface area contributed by atoms with Crippen molar-refractivity contribution in [1.29, 1.82) is 0 Å². The fraction of sp³-hybridized carbons (Fsp3) is 0.800. The van der Waals surface area contributed by atoms with E-state index in [-0.39, 0.29) is 5.66 Å². The predicted octanol–water partition coefficient (Wildman–Crippen LogP) is 3.05. The van der Waals surface area contributed by atoms with Crippen LogP contribution in [0.2, 0.25) is 0 Å². The standard InChI is InChI=1S/C20H33N3/c1-14-11-17-15(13-20(14,21-2)22-3)12-18-16-7-5-6-8-19(16,17)9-10-23(18)4/h11,16,18,21-22H,5-10,12-13H2,1-4H3/t16-,18-,19-/m1/s1. The van der Waals surface area contributed by atoms with Crippen LogP contribution in [-0.4, -0.2) is 44.3 Å². The van der Waals surface area contributed by atoms with Crippen molar-refractivity contribution in [1.82, 2.24) is 15.5 Å². The van der Waals surface area contributed by atoms with Gasteiger partial charge < -0.3 is 4.90 Å². The number of nitrogens with one attached hydrogen (secondary N) is 2. The lowest BCUT2D eigenvalue weighted by Gasteiger charge is -2.60. The third-order valence-electron chi connectivity index (χ3n) is 7.78. The second kappa shape index (κ2) is 5.44. The summed E-state index contributed by atoms with van der Waals surface area (Å²) >= 11 is 0. The zero-order chi connectivity index (χ0) is 16.2. The van der Waals surface area contributed by atoms with E-state index in [0.717, 1.165) is 18.4 Å². The van der Waals surface area contributed by atoms with Crippen molar-refractivity contribution < 1.29 is 0 Å². The van der Waals surface area contributed by atoms with E-state index in [4.69, 9.17) is 0 Å². The molecule has 2 fully saturated rings. The van der Waals surface area contributed by atoms with Gasteiger partial charge in [-0.05, 0) is 77.4 Å². The highest BCUT2D eigenvalue weighted by Gasteiger charge is 2.55. The minimum absolute atomic E-state index is 0.0379. The Morgan fingerprint density at radius 2 is 1.96 bits per heavy atom. The van der Waals surface area contributed by atoms with Crippen LogP contribution in [-0.2, 0) is 0 Å². The minimum Gasteiger partial charge on any atom is -0.303 e. The van der Waals surface area contributed by atoms with Crippen LogP contribution in [0.1, 0.15) is 51.9 Å². The molecule has 3 heteroatoms. The first-order valence-electron chi connectivity index (χ1n) is 9.56. The van der Waals surface area contributed by atoms with Crippen molar-refractivity contribution in [3.8, 4) is 0 Å². The lowest BCUT2D eigenvalue weighted by atomic mass is 9.50. The second-order valence-electron chi connectivity index (χ2n) is 8.44. The van der Waals surface area contributed by atoms with Crippen LogP contribution in [0.15, 0.2) is 22.8 Å². The zero-order valence-electron chi connectivity index (χ0n) is 15.3. The summed E-state index contributed by atoms with van der Waals surface area (Å²) in [7, 11) is 6.55. The van der Waals surface area contributed by atoms with E-state index in [9.17, 15) is 0 Å². The number of likely N-dealkylation sites (tertiary alicyclic amines) is 1. The zero-order valence-corrected chi connectivity index (χ0v) is 15.3. The van der Waals surface area contributed by atoms with Gasteiger partial charge in [0.05, 0.1) is 5.66 Å². The summed E-state index contributed by atoms with van der Waals surface area (Å²) < 4.78 is 0. The Morgan fingerprint density at radius 1 is 1.17 bits per heavy atom. The van der Waals surface area contributed by atoms with Gasteiger partial charge in [0.15, 0.2) is 0 Å². The molecule has 3 atom stereocenters. The smallest absolute Gasteiger partial charge is 0.0942 e. The van der Waals surface area contributed by atoms with Crippen molar-refractivity contribution in [2.75, 3.05) is 27.7 Å². The topological polar surface area (TPSA) is 27.3 Å². The number of hydrogen-bond acceptors (Lipinski definition) is 3. The fourth-order valence-electron chi connectivity index (χ4n) is 6.38. The largest absolute Gasteiger partial charge is 0.303 e. The molecule has 0 spiro atoms. The molecule has 0 unspecified atom stereocenters. The molecule has 0 radical (unpaired) electrons. The van der Waals surface area contributed by atoms with Gasteiger partial charge in [0.2, 0.25) is 0 Å². The monoisotopic (exact) mass is 315 g/mol. The molecule has 4 rings (SSSR count). The van der Waals surface area contributed by atoms with Crippen LogP contribution >= 0.6 is 0 Å². The van der Waals surface area contributed by atoms with E-state index in [1.54, 1.807) is 11.1 Å². The highest BCUT2D eigenvalue weighted by atomic mass is 15.2. The summed E-state index contributed by atoms with van der Waals surface area (Å²) in [5.74, 6) is 0.898. The summed E-state index contributed by atoms with van der Waals surface area (Å²) in [5.41, 5.74) is 5.42.